The number of aromatic nitrogens is 4. The Morgan fingerprint density at radius 2 is 1.88 bits per heavy atom. The predicted molar refractivity (Wildman–Crippen MR) is 62.3 cm³/mol. The van der Waals surface area contributed by atoms with E-state index in [9.17, 15) is 0 Å². The van der Waals surface area contributed by atoms with Gasteiger partial charge in [-0.05, 0) is 29.8 Å². The molecule has 0 aliphatic heterocycles. The monoisotopic (exact) mass is 236 g/mol. The third-order valence-corrected chi connectivity index (χ3v) is 2.72. The third-order valence-electron chi connectivity index (χ3n) is 2.52. The molecule has 2 unspecified atom stereocenters. The highest BCUT2D eigenvalue weighted by atomic mass is 35.5. The highest BCUT2D eigenvalue weighted by Gasteiger charge is 2.17. The van der Waals surface area contributed by atoms with E-state index in [4.69, 9.17) is 11.6 Å². The van der Waals surface area contributed by atoms with Crippen LogP contribution in [0.5, 0.6) is 0 Å². The van der Waals surface area contributed by atoms with E-state index in [0.717, 1.165) is 5.56 Å². The number of hydrogen-bond donors (Lipinski definition) is 0. The molecule has 0 radical (unpaired) electrons. The molecule has 4 nitrogen and oxygen atoms in total. The van der Waals surface area contributed by atoms with E-state index in [0.29, 0.717) is 5.82 Å². The van der Waals surface area contributed by atoms with Crippen LogP contribution in [0, 0.1) is 0 Å². The standard InChI is InChI=1S/C11H13ClN4/c1-8(12)11-13-14-15-16(11)9(2)10-6-4-3-5-7-10/h3-9H,1-2H3. The van der Waals surface area contributed by atoms with Crippen molar-refractivity contribution >= 4 is 11.6 Å². The van der Waals surface area contributed by atoms with Gasteiger partial charge in [0.2, 0.25) is 0 Å². The Hall–Kier alpha value is -1.42. The number of rotatable bonds is 3. The van der Waals surface area contributed by atoms with Crippen LogP contribution >= 0.6 is 11.6 Å². The minimum absolute atomic E-state index is 0.0902. The molecule has 2 rings (SSSR count). The van der Waals surface area contributed by atoms with Crippen molar-refractivity contribution in [2.45, 2.75) is 25.3 Å². The minimum atomic E-state index is -0.193. The van der Waals surface area contributed by atoms with Gasteiger partial charge in [0.15, 0.2) is 5.82 Å². The van der Waals surface area contributed by atoms with E-state index in [1.807, 2.05) is 25.1 Å². The van der Waals surface area contributed by atoms with Gasteiger partial charge >= 0.3 is 0 Å². The molecule has 0 amide bonds. The second kappa shape index (κ2) is 4.61. The summed E-state index contributed by atoms with van der Waals surface area (Å²) in [6.07, 6.45) is 0. The first-order valence-corrected chi connectivity index (χ1v) is 5.60. The smallest absolute Gasteiger partial charge is 0.169 e. The molecule has 5 heteroatoms. The fraction of sp³-hybridized carbons (Fsp3) is 0.364. The predicted octanol–water partition coefficient (Wildman–Crippen LogP) is 2.58. The van der Waals surface area contributed by atoms with Crippen molar-refractivity contribution in [1.29, 1.82) is 0 Å². The number of nitrogens with zero attached hydrogens (tertiary/aromatic N) is 4. The zero-order valence-corrected chi connectivity index (χ0v) is 9.96. The van der Waals surface area contributed by atoms with Gasteiger partial charge in [0.1, 0.15) is 0 Å². The molecule has 1 aromatic heterocycles. The quantitative estimate of drug-likeness (QED) is 0.770. The van der Waals surface area contributed by atoms with Crippen LogP contribution in [0.2, 0.25) is 0 Å². The Morgan fingerprint density at radius 1 is 1.19 bits per heavy atom. The van der Waals surface area contributed by atoms with Crippen LogP contribution in [0.4, 0.5) is 0 Å². The van der Waals surface area contributed by atoms with E-state index in [2.05, 4.69) is 34.6 Å². The lowest BCUT2D eigenvalue weighted by atomic mass is 10.1. The summed E-state index contributed by atoms with van der Waals surface area (Å²) in [5.74, 6) is 0.693. The normalized spacial score (nSPS) is 14.7. The van der Waals surface area contributed by atoms with Crippen LogP contribution in [0.25, 0.3) is 0 Å². The molecule has 1 heterocycles. The van der Waals surface area contributed by atoms with Crippen LogP contribution < -0.4 is 0 Å². The van der Waals surface area contributed by atoms with Crippen LogP contribution in [-0.2, 0) is 0 Å². The largest absolute Gasteiger partial charge is 0.221 e. The molecule has 0 bridgehead atoms. The van der Waals surface area contributed by atoms with E-state index in [-0.39, 0.29) is 11.4 Å². The van der Waals surface area contributed by atoms with Gasteiger partial charge in [0.25, 0.3) is 0 Å². The summed E-state index contributed by atoms with van der Waals surface area (Å²) in [4.78, 5) is 0. The van der Waals surface area contributed by atoms with Gasteiger partial charge in [0.05, 0.1) is 11.4 Å². The van der Waals surface area contributed by atoms with Crippen LogP contribution in [0.3, 0.4) is 0 Å². The summed E-state index contributed by atoms with van der Waals surface area (Å²) in [7, 11) is 0. The molecule has 1 aromatic carbocycles. The van der Waals surface area contributed by atoms with Gasteiger partial charge in [-0.2, -0.15) is 0 Å². The molecular formula is C11H13ClN4. The average molecular weight is 237 g/mol. The molecule has 0 aliphatic rings. The molecule has 0 N–H and O–H groups in total. The molecule has 0 spiro atoms. The van der Waals surface area contributed by atoms with E-state index >= 15 is 0 Å². The van der Waals surface area contributed by atoms with Crippen molar-refractivity contribution in [1.82, 2.24) is 20.2 Å². The van der Waals surface area contributed by atoms with Crippen molar-refractivity contribution in [3.8, 4) is 0 Å². The Morgan fingerprint density at radius 3 is 2.50 bits per heavy atom. The molecule has 0 aliphatic carbocycles. The second-order valence-electron chi connectivity index (χ2n) is 3.68. The summed E-state index contributed by atoms with van der Waals surface area (Å²) in [6, 6.07) is 10.2. The maximum atomic E-state index is 6.02. The summed E-state index contributed by atoms with van der Waals surface area (Å²) >= 11 is 6.02. The second-order valence-corrected chi connectivity index (χ2v) is 4.34. The fourth-order valence-electron chi connectivity index (χ4n) is 1.61. The van der Waals surface area contributed by atoms with Gasteiger partial charge in [0, 0.05) is 0 Å². The highest BCUT2D eigenvalue weighted by Crippen LogP contribution is 2.22. The summed E-state index contributed by atoms with van der Waals surface area (Å²) in [6.45, 7) is 3.91. The van der Waals surface area contributed by atoms with E-state index in [1.54, 1.807) is 4.68 Å². The molecule has 0 saturated carbocycles. The first kappa shape index (κ1) is 11.1. The van der Waals surface area contributed by atoms with Crippen molar-refractivity contribution in [2.24, 2.45) is 0 Å². The minimum Gasteiger partial charge on any atom is -0.221 e. The first-order chi connectivity index (χ1) is 7.70. The zero-order chi connectivity index (χ0) is 11.5. The van der Waals surface area contributed by atoms with E-state index < -0.39 is 0 Å². The van der Waals surface area contributed by atoms with Crippen molar-refractivity contribution in [3.05, 3.63) is 41.7 Å². The molecule has 16 heavy (non-hydrogen) atoms. The number of alkyl halides is 1. The Balaban J connectivity index is 2.34. The zero-order valence-electron chi connectivity index (χ0n) is 9.21. The van der Waals surface area contributed by atoms with Gasteiger partial charge in [-0.25, -0.2) is 4.68 Å². The Bertz CT molecular complexity index is 452. The number of benzene rings is 1. The van der Waals surface area contributed by atoms with Crippen molar-refractivity contribution in [2.75, 3.05) is 0 Å². The van der Waals surface area contributed by atoms with Gasteiger partial charge < -0.3 is 0 Å². The summed E-state index contributed by atoms with van der Waals surface area (Å²) < 4.78 is 1.76. The lowest BCUT2D eigenvalue weighted by Crippen LogP contribution is -2.12. The third kappa shape index (κ3) is 2.07. The highest BCUT2D eigenvalue weighted by molar-refractivity contribution is 6.20. The molecular weight excluding hydrogens is 224 g/mol. The molecule has 2 aromatic rings. The SMILES string of the molecule is CC(Cl)c1nnnn1C(C)c1ccccc1. The van der Waals surface area contributed by atoms with E-state index in [1.165, 1.54) is 0 Å². The lowest BCUT2D eigenvalue weighted by Gasteiger charge is -2.14. The molecule has 0 saturated heterocycles. The topological polar surface area (TPSA) is 43.6 Å². The fourth-order valence-corrected chi connectivity index (χ4v) is 1.75. The molecule has 0 fully saturated rings. The van der Waals surface area contributed by atoms with Crippen molar-refractivity contribution < 1.29 is 0 Å². The number of hydrogen-bond acceptors (Lipinski definition) is 3. The van der Waals surface area contributed by atoms with Gasteiger partial charge in [-0.15, -0.1) is 16.7 Å². The first-order valence-electron chi connectivity index (χ1n) is 5.17. The van der Waals surface area contributed by atoms with Crippen LogP contribution in [0.15, 0.2) is 30.3 Å². The molecule has 2 atom stereocenters. The Kier molecular flexibility index (Phi) is 3.19. The number of halogens is 1. The molecule has 84 valence electrons. The van der Waals surface area contributed by atoms with Crippen LogP contribution in [0.1, 0.15) is 36.7 Å². The summed E-state index contributed by atoms with van der Waals surface area (Å²) in [5.41, 5.74) is 1.16. The van der Waals surface area contributed by atoms with Gasteiger partial charge in [-0.3, -0.25) is 0 Å². The van der Waals surface area contributed by atoms with Gasteiger partial charge in [-0.1, -0.05) is 30.3 Å². The maximum absolute atomic E-state index is 6.02. The Labute approximate surface area is 99.2 Å². The average Bonchev–Trinajstić information content (AvgIpc) is 2.78. The maximum Gasteiger partial charge on any atom is 0.169 e. The van der Waals surface area contributed by atoms with Crippen molar-refractivity contribution in [3.63, 3.8) is 0 Å². The number of tetrazole rings is 1. The van der Waals surface area contributed by atoms with Crippen LogP contribution in [-0.4, -0.2) is 20.2 Å². The summed E-state index contributed by atoms with van der Waals surface area (Å²) in [5, 5.41) is 11.4. The lowest BCUT2D eigenvalue weighted by molar-refractivity contribution is 0.521.